The third-order valence-corrected chi connectivity index (χ3v) is 3.88. The van der Waals surface area contributed by atoms with Crippen molar-refractivity contribution < 1.29 is 9.53 Å². The normalized spacial score (nSPS) is 24.4. The van der Waals surface area contributed by atoms with Crippen LogP contribution in [0.4, 0.5) is 0 Å². The molecule has 88 valence electrons. The molecule has 0 amide bonds. The molecule has 0 saturated heterocycles. The quantitative estimate of drug-likeness (QED) is 0.518. The second kappa shape index (κ2) is 4.62. The molecule has 1 saturated carbocycles. The SMILES string of the molecule is BC1=CCN(C2(C(=O)OCC)CCC2)CC1. The average molecular weight is 221 g/mol. The third-order valence-electron chi connectivity index (χ3n) is 3.88. The van der Waals surface area contributed by atoms with Gasteiger partial charge in [0.2, 0.25) is 0 Å². The molecule has 0 aromatic carbocycles. The number of ether oxygens (including phenoxy) is 1. The van der Waals surface area contributed by atoms with Gasteiger partial charge in [0.25, 0.3) is 0 Å². The van der Waals surface area contributed by atoms with Crippen molar-refractivity contribution in [2.45, 2.75) is 38.1 Å². The lowest BCUT2D eigenvalue weighted by molar-refractivity contribution is -0.164. The molecule has 2 aliphatic rings. The smallest absolute Gasteiger partial charge is 0.326 e. The molecule has 3 nitrogen and oxygen atoms in total. The summed E-state index contributed by atoms with van der Waals surface area (Å²) in [6.45, 7) is 4.28. The van der Waals surface area contributed by atoms with Crippen LogP contribution in [0.15, 0.2) is 11.5 Å². The molecule has 16 heavy (non-hydrogen) atoms. The Morgan fingerprint density at radius 2 is 2.38 bits per heavy atom. The van der Waals surface area contributed by atoms with Gasteiger partial charge in [-0.1, -0.05) is 6.08 Å². The summed E-state index contributed by atoms with van der Waals surface area (Å²) in [6.07, 6.45) is 6.42. The van der Waals surface area contributed by atoms with Crippen molar-refractivity contribution in [3.63, 3.8) is 0 Å². The van der Waals surface area contributed by atoms with Crippen LogP contribution in [-0.4, -0.2) is 44.0 Å². The van der Waals surface area contributed by atoms with Crippen molar-refractivity contribution in [2.24, 2.45) is 0 Å². The van der Waals surface area contributed by atoms with E-state index in [4.69, 9.17) is 4.74 Å². The highest BCUT2D eigenvalue weighted by Crippen LogP contribution is 2.39. The number of hydrogen-bond acceptors (Lipinski definition) is 3. The van der Waals surface area contributed by atoms with Gasteiger partial charge in [0, 0.05) is 13.1 Å². The molecule has 1 heterocycles. The second-order valence-electron chi connectivity index (χ2n) is 4.85. The van der Waals surface area contributed by atoms with Gasteiger partial charge in [0.1, 0.15) is 13.4 Å². The lowest BCUT2D eigenvalue weighted by Gasteiger charge is -2.48. The van der Waals surface area contributed by atoms with E-state index in [1.807, 2.05) is 6.92 Å². The summed E-state index contributed by atoms with van der Waals surface area (Å²) in [5.74, 6) is -0.00537. The minimum Gasteiger partial charge on any atom is -0.465 e. The highest BCUT2D eigenvalue weighted by Gasteiger charge is 2.50. The monoisotopic (exact) mass is 221 g/mol. The number of nitrogens with zero attached hydrogens (tertiary/aromatic N) is 1. The van der Waals surface area contributed by atoms with Gasteiger partial charge < -0.3 is 4.74 Å². The summed E-state index contributed by atoms with van der Waals surface area (Å²) < 4.78 is 5.23. The van der Waals surface area contributed by atoms with Crippen LogP contribution in [0.2, 0.25) is 0 Å². The number of carbonyl (C=O) groups excluding carboxylic acids is 1. The molecule has 2 rings (SSSR count). The first-order chi connectivity index (χ1) is 7.69. The molecule has 1 fully saturated rings. The summed E-state index contributed by atoms with van der Waals surface area (Å²) in [5, 5.41) is 0. The van der Waals surface area contributed by atoms with E-state index in [9.17, 15) is 4.79 Å². The largest absolute Gasteiger partial charge is 0.465 e. The van der Waals surface area contributed by atoms with Gasteiger partial charge in [-0.05, 0) is 32.6 Å². The maximum Gasteiger partial charge on any atom is 0.326 e. The van der Waals surface area contributed by atoms with Crippen LogP contribution in [0.1, 0.15) is 32.6 Å². The zero-order chi connectivity index (χ0) is 11.6. The topological polar surface area (TPSA) is 29.5 Å². The van der Waals surface area contributed by atoms with Crippen molar-refractivity contribution in [1.82, 2.24) is 4.90 Å². The van der Waals surface area contributed by atoms with Crippen LogP contribution >= 0.6 is 0 Å². The van der Waals surface area contributed by atoms with E-state index in [-0.39, 0.29) is 11.5 Å². The Morgan fingerprint density at radius 1 is 1.62 bits per heavy atom. The molecule has 0 aromatic rings. The Hall–Kier alpha value is -0.765. The van der Waals surface area contributed by atoms with Crippen LogP contribution in [0.25, 0.3) is 0 Å². The maximum atomic E-state index is 12.0. The Bertz CT molecular complexity index is 310. The number of rotatable bonds is 3. The van der Waals surface area contributed by atoms with E-state index in [1.54, 1.807) is 0 Å². The third kappa shape index (κ3) is 1.91. The molecule has 0 spiro atoms. The van der Waals surface area contributed by atoms with Crippen molar-refractivity contribution in [3.8, 4) is 0 Å². The second-order valence-corrected chi connectivity index (χ2v) is 4.85. The number of carbonyl (C=O) groups is 1. The maximum absolute atomic E-state index is 12.0. The Balaban J connectivity index is 2.07. The first kappa shape index (κ1) is 11.7. The van der Waals surface area contributed by atoms with E-state index in [0.717, 1.165) is 38.8 Å². The molecule has 0 atom stereocenters. The van der Waals surface area contributed by atoms with Gasteiger partial charge in [-0.2, -0.15) is 0 Å². The van der Waals surface area contributed by atoms with E-state index in [1.165, 1.54) is 5.47 Å². The van der Waals surface area contributed by atoms with Gasteiger partial charge in [-0.25, -0.2) is 0 Å². The van der Waals surface area contributed by atoms with E-state index >= 15 is 0 Å². The average Bonchev–Trinajstić information content (AvgIpc) is 2.19. The molecule has 4 heteroatoms. The van der Waals surface area contributed by atoms with Gasteiger partial charge in [0.15, 0.2) is 0 Å². The van der Waals surface area contributed by atoms with Crippen LogP contribution in [0, 0.1) is 0 Å². The minimum atomic E-state index is -0.285. The summed E-state index contributed by atoms with van der Waals surface area (Å²) >= 11 is 0. The fraction of sp³-hybridized carbons (Fsp3) is 0.750. The van der Waals surface area contributed by atoms with E-state index in [2.05, 4.69) is 18.8 Å². The Morgan fingerprint density at radius 3 is 2.81 bits per heavy atom. The van der Waals surface area contributed by atoms with Crippen molar-refractivity contribution in [2.75, 3.05) is 19.7 Å². The van der Waals surface area contributed by atoms with Crippen LogP contribution in [-0.2, 0) is 9.53 Å². The van der Waals surface area contributed by atoms with Crippen LogP contribution in [0.3, 0.4) is 0 Å². The van der Waals surface area contributed by atoms with Crippen molar-refractivity contribution in [1.29, 1.82) is 0 Å². The minimum absolute atomic E-state index is 0.00537. The number of esters is 1. The standard InChI is InChI=1S/C12H20BNO2/c1-2-16-11(15)12(6-3-7-12)14-8-4-10(13)5-9-14/h4H,2-3,5-9,13H2,1H3. The van der Waals surface area contributed by atoms with Gasteiger partial charge in [-0.3, -0.25) is 9.69 Å². The summed E-state index contributed by atoms with van der Waals surface area (Å²) in [6, 6.07) is 0. The molecule has 0 radical (unpaired) electrons. The van der Waals surface area contributed by atoms with Crippen molar-refractivity contribution in [3.05, 3.63) is 11.5 Å². The molecule has 1 aliphatic heterocycles. The first-order valence-corrected chi connectivity index (χ1v) is 6.27. The fourth-order valence-corrected chi connectivity index (χ4v) is 2.59. The zero-order valence-electron chi connectivity index (χ0n) is 10.3. The van der Waals surface area contributed by atoms with Gasteiger partial charge in [-0.15, -0.1) is 5.47 Å². The predicted molar refractivity (Wildman–Crippen MR) is 66.0 cm³/mol. The van der Waals surface area contributed by atoms with Gasteiger partial charge in [0.05, 0.1) is 6.61 Å². The lowest BCUT2D eigenvalue weighted by Crippen LogP contribution is -2.60. The van der Waals surface area contributed by atoms with Crippen molar-refractivity contribution >= 4 is 13.8 Å². The predicted octanol–water partition coefficient (Wildman–Crippen LogP) is 0.695. The summed E-state index contributed by atoms with van der Waals surface area (Å²) in [5.41, 5.74) is 1.15. The van der Waals surface area contributed by atoms with Gasteiger partial charge >= 0.3 is 5.97 Å². The van der Waals surface area contributed by atoms with Crippen LogP contribution < -0.4 is 0 Å². The molecular formula is C12H20BNO2. The molecule has 0 unspecified atom stereocenters. The molecule has 0 N–H and O–H groups in total. The van der Waals surface area contributed by atoms with E-state index in [0.29, 0.717) is 6.61 Å². The Labute approximate surface area is 98.2 Å². The summed E-state index contributed by atoms with van der Waals surface area (Å²) in [4.78, 5) is 14.4. The lowest BCUT2D eigenvalue weighted by atomic mass is 9.74. The highest BCUT2D eigenvalue weighted by molar-refractivity contribution is 6.21. The molecule has 1 aliphatic carbocycles. The Kier molecular flexibility index (Phi) is 3.38. The fourth-order valence-electron chi connectivity index (χ4n) is 2.59. The number of hydrogen-bond donors (Lipinski definition) is 0. The molecule has 0 bridgehead atoms. The highest BCUT2D eigenvalue weighted by atomic mass is 16.5. The van der Waals surface area contributed by atoms with E-state index < -0.39 is 0 Å². The molecular weight excluding hydrogens is 201 g/mol. The first-order valence-electron chi connectivity index (χ1n) is 6.27. The molecule has 0 aromatic heterocycles. The summed E-state index contributed by atoms with van der Waals surface area (Å²) in [7, 11) is 2.16. The van der Waals surface area contributed by atoms with Crippen LogP contribution in [0.5, 0.6) is 0 Å². The zero-order valence-corrected chi connectivity index (χ0v) is 10.3.